The molecule has 1 aromatic rings. The normalized spacial score (nSPS) is 21.8. The van der Waals surface area contributed by atoms with Crippen molar-refractivity contribution in [1.82, 2.24) is 15.0 Å². The number of anilines is 2. The van der Waals surface area contributed by atoms with Crippen LogP contribution in [0.4, 0.5) is 11.9 Å². The van der Waals surface area contributed by atoms with E-state index < -0.39 is 5.60 Å². The lowest BCUT2D eigenvalue weighted by Crippen LogP contribution is -2.37. The summed E-state index contributed by atoms with van der Waals surface area (Å²) in [5, 5.41) is 16.0. The third kappa shape index (κ3) is 3.91. The summed E-state index contributed by atoms with van der Waals surface area (Å²) in [6.45, 7) is 3.78. The van der Waals surface area contributed by atoms with E-state index in [2.05, 4.69) is 25.6 Å². The number of aromatic nitrogens is 3. The first-order valence-electron chi connectivity index (χ1n) is 6.76. The maximum absolute atomic E-state index is 10.2. The maximum Gasteiger partial charge on any atom is 0.323 e. The highest BCUT2D eigenvalue weighted by Crippen LogP contribution is 2.19. The summed E-state index contributed by atoms with van der Waals surface area (Å²) >= 11 is 0. The van der Waals surface area contributed by atoms with Crippen LogP contribution in [0.1, 0.15) is 19.8 Å². The summed E-state index contributed by atoms with van der Waals surface area (Å²) in [4.78, 5) is 12.4. The molecule has 0 radical (unpaired) electrons. The Bertz CT molecular complexity index is 437. The molecule has 1 aromatic heterocycles. The number of nitrogens with zero attached hydrogens (tertiary/aromatic N) is 3. The zero-order chi connectivity index (χ0) is 14.4. The lowest BCUT2D eigenvalue weighted by atomic mass is 10.0. The fourth-order valence-corrected chi connectivity index (χ4v) is 1.78. The summed E-state index contributed by atoms with van der Waals surface area (Å²) in [7, 11) is 1.72. The molecule has 112 valence electrons. The summed E-state index contributed by atoms with van der Waals surface area (Å²) in [6.07, 6.45) is 1.48. The van der Waals surface area contributed by atoms with Gasteiger partial charge in [-0.15, -0.1) is 0 Å². The Hall–Kier alpha value is -1.67. The summed E-state index contributed by atoms with van der Waals surface area (Å²) in [6, 6.07) is 0.267. The van der Waals surface area contributed by atoms with Gasteiger partial charge in [-0.1, -0.05) is 6.92 Å². The summed E-state index contributed by atoms with van der Waals surface area (Å²) in [5.41, 5.74) is -0.864. The van der Waals surface area contributed by atoms with E-state index in [4.69, 9.17) is 9.47 Å². The lowest BCUT2D eigenvalue weighted by Gasteiger charge is -2.20. The molecule has 20 heavy (non-hydrogen) atoms. The second kappa shape index (κ2) is 6.67. The number of rotatable bonds is 7. The Morgan fingerprint density at radius 2 is 2.15 bits per heavy atom. The fourth-order valence-electron chi connectivity index (χ4n) is 1.78. The molecule has 1 atom stereocenters. The van der Waals surface area contributed by atoms with Crippen LogP contribution in [0.5, 0.6) is 6.01 Å². The number of hydrogen-bond donors (Lipinski definition) is 3. The van der Waals surface area contributed by atoms with Crippen LogP contribution < -0.4 is 15.4 Å². The van der Waals surface area contributed by atoms with Crippen molar-refractivity contribution in [2.75, 3.05) is 44.0 Å². The summed E-state index contributed by atoms with van der Waals surface area (Å²) in [5.74, 6) is 0.791. The van der Waals surface area contributed by atoms with Gasteiger partial charge in [0.05, 0.1) is 13.2 Å². The maximum atomic E-state index is 10.2. The Morgan fingerprint density at radius 1 is 1.35 bits per heavy atom. The van der Waals surface area contributed by atoms with E-state index in [1.54, 1.807) is 7.05 Å². The van der Waals surface area contributed by atoms with Crippen molar-refractivity contribution in [2.24, 2.45) is 0 Å². The van der Waals surface area contributed by atoms with Crippen molar-refractivity contribution in [1.29, 1.82) is 0 Å². The number of ether oxygens (including phenoxy) is 2. The van der Waals surface area contributed by atoms with Gasteiger partial charge in [0.2, 0.25) is 11.9 Å². The van der Waals surface area contributed by atoms with Gasteiger partial charge in [0.25, 0.3) is 0 Å². The average molecular weight is 283 g/mol. The first-order valence-corrected chi connectivity index (χ1v) is 6.76. The van der Waals surface area contributed by atoms with Gasteiger partial charge in [0, 0.05) is 26.6 Å². The molecule has 1 aliphatic heterocycles. The minimum atomic E-state index is -0.864. The molecule has 0 bridgehead atoms. The Balaban J connectivity index is 2.01. The van der Waals surface area contributed by atoms with E-state index in [0.29, 0.717) is 44.7 Å². The minimum absolute atomic E-state index is 0.267. The Kier molecular flexibility index (Phi) is 4.91. The van der Waals surface area contributed by atoms with E-state index in [1.165, 1.54) is 0 Å². The fraction of sp³-hybridized carbons (Fsp3) is 0.750. The van der Waals surface area contributed by atoms with Crippen molar-refractivity contribution < 1.29 is 14.6 Å². The molecule has 1 saturated heterocycles. The monoisotopic (exact) mass is 283 g/mol. The van der Waals surface area contributed by atoms with Crippen molar-refractivity contribution in [3.63, 3.8) is 0 Å². The van der Waals surface area contributed by atoms with Crippen LogP contribution in [0.3, 0.4) is 0 Å². The van der Waals surface area contributed by atoms with E-state index in [-0.39, 0.29) is 6.01 Å². The molecule has 3 N–H and O–H groups in total. The Morgan fingerprint density at radius 3 is 2.80 bits per heavy atom. The van der Waals surface area contributed by atoms with E-state index >= 15 is 0 Å². The van der Waals surface area contributed by atoms with Gasteiger partial charge < -0.3 is 25.2 Å². The van der Waals surface area contributed by atoms with Crippen LogP contribution in [0.25, 0.3) is 0 Å². The van der Waals surface area contributed by atoms with Crippen LogP contribution in [0, 0.1) is 0 Å². The van der Waals surface area contributed by atoms with E-state index in [9.17, 15) is 5.11 Å². The number of hydrogen-bond acceptors (Lipinski definition) is 8. The lowest BCUT2D eigenvalue weighted by molar-refractivity contribution is 0.0380. The molecule has 2 heterocycles. The van der Waals surface area contributed by atoms with Crippen LogP contribution in [0.15, 0.2) is 0 Å². The second-order valence-electron chi connectivity index (χ2n) is 4.74. The van der Waals surface area contributed by atoms with Crippen LogP contribution in [0.2, 0.25) is 0 Å². The van der Waals surface area contributed by atoms with Crippen molar-refractivity contribution in [3.05, 3.63) is 0 Å². The van der Waals surface area contributed by atoms with Gasteiger partial charge >= 0.3 is 6.01 Å². The molecule has 0 amide bonds. The molecule has 1 aliphatic rings. The zero-order valence-corrected chi connectivity index (χ0v) is 11.8. The first kappa shape index (κ1) is 14.7. The van der Waals surface area contributed by atoms with Crippen LogP contribution >= 0.6 is 0 Å². The van der Waals surface area contributed by atoms with Crippen molar-refractivity contribution in [2.45, 2.75) is 25.4 Å². The minimum Gasteiger partial charge on any atom is -0.463 e. The molecule has 1 fully saturated rings. The molecular weight excluding hydrogens is 262 g/mol. The highest BCUT2D eigenvalue weighted by Gasteiger charge is 2.32. The molecule has 1 unspecified atom stereocenters. The average Bonchev–Trinajstić information content (AvgIpc) is 2.90. The Labute approximate surface area is 117 Å². The van der Waals surface area contributed by atoms with Gasteiger partial charge in [-0.2, -0.15) is 15.0 Å². The van der Waals surface area contributed by atoms with E-state index in [1.807, 2.05) is 6.92 Å². The number of aliphatic hydroxyl groups is 1. The van der Waals surface area contributed by atoms with Crippen molar-refractivity contribution >= 4 is 11.9 Å². The summed E-state index contributed by atoms with van der Waals surface area (Å²) < 4.78 is 10.6. The molecule has 0 aliphatic carbocycles. The van der Waals surface area contributed by atoms with Crippen LogP contribution in [-0.2, 0) is 4.74 Å². The number of nitrogens with one attached hydrogen (secondary N) is 2. The molecule has 2 rings (SSSR count). The van der Waals surface area contributed by atoms with Crippen molar-refractivity contribution in [3.8, 4) is 6.01 Å². The van der Waals surface area contributed by atoms with Crippen LogP contribution in [-0.4, -0.2) is 59.1 Å². The standard InChI is InChI=1S/C12H21N5O3/c1-3-5-20-11-16-9(13-2)15-10(17-11)14-7-12(18)4-6-19-8-12/h18H,3-8H2,1-2H3,(H2,13,14,15,16,17). The highest BCUT2D eigenvalue weighted by molar-refractivity contribution is 5.35. The van der Waals surface area contributed by atoms with Gasteiger partial charge in [-0.05, 0) is 6.42 Å². The smallest absolute Gasteiger partial charge is 0.323 e. The predicted molar refractivity (Wildman–Crippen MR) is 74.0 cm³/mol. The second-order valence-corrected chi connectivity index (χ2v) is 4.74. The third-order valence-corrected chi connectivity index (χ3v) is 2.93. The SMILES string of the molecule is CCCOc1nc(NC)nc(NCC2(O)CCOC2)n1. The predicted octanol–water partition coefficient (Wildman–Crippen LogP) is 0.265. The zero-order valence-electron chi connectivity index (χ0n) is 11.8. The molecule has 0 saturated carbocycles. The third-order valence-electron chi connectivity index (χ3n) is 2.93. The molecule has 8 nitrogen and oxygen atoms in total. The highest BCUT2D eigenvalue weighted by atomic mass is 16.5. The largest absolute Gasteiger partial charge is 0.463 e. The molecular formula is C12H21N5O3. The quantitative estimate of drug-likeness (QED) is 0.655. The van der Waals surface area contributed by atoms with Gasteiger partial charge in [-0.3, -0.25) is 0 Å². The molecule has 0 spiro atoms. The van der Waals surface area contributed by atoms with Gasteiger partial charge in [0.15, 0.2) is 0 Å². The van der Waals surface area contributed by atoms with E-state index in [0.717, 1.165) is 6.42 Å². The molecule has 8 heteroatoms. The first-order chi connectivity index (χ1) is 9.65. The topological polar surface area (TPSA) is 101 Å². The van der Waals surface area contributed by atoms with Gasteiger partial charge in [-0.25, -0.2) is 0 Å². The van der Waals surface area contributed by atoms with Gasteiger partial charge in [0.1, 0.15) is 5.60 Å². The molecule has 0 aromatic carbocycles.